The van der Waals surface area contributed by atoms with E-state index in [2.05, 4.69) is 10.5 Å². The van der Waals surface area contributed by atoms with Crippen LogP contribution in [0.3, 0.4) is 0 Å². The minimum Gasteiger partial charge on any atom is -0.497 e. The van der Waals surface area contributed by atoms with Gasteiger partial charge < -0.3 is 29.1 Å². The van der Waals surface area contributed by atoms with Crippen LogP contribution in [-0.2, 0) is 15.2 Å². The largest absolute Gasteiger partial charge is 0.497 e. The summed E-state index contributed by atoms with van der Waals surface area (Å²) in [6.07, 6.45) is 0. The molecule has 0 bridgehead atoms. The van der Waals surface area contributed by atoms with Crippen molar-refractivity contribution in [2.24, 2.45) is 11.1 Å². The van der Waals surface area contributed by atoms with E-state index >= 15 is 0 Å². The minimum absolute atomic E-state index is 0.237. The second kappa shape index (κ2) is 8.92. The molecule has 3 aromatic carbocycles. The molecule has 0 fully saturated rings. The quantitative estimate of drug-likeness (QED) is 0.505. The van der Waals surface area contributed by atoms with Crippen LogP contribution in [0.25, 0.3) is 0 Å². The maximum absolute atomic E-state index is 14.3. The Morgan fingerprint density at radius 2 is 1.58 bits per heavy atom. The zero-order chi connectivity index (χ0) is 25.4. The van der Waals surface area contributed by atoms with Crippen molar-refractivity contribution in [1.29, 1.82) is 0 Å². The molecule has 9 heteroatoms. The normalized spacial score (nSPS) is 19.7. The van der Waals surface area contributed by atoms with E-state index in [1.807, 2.05) is 0 Å². The Kier molecular flexibility index (Phi) is 5.75. The molecule has 5 rings (SSSR count). The predicted molar refractivity (Wildman–Crippen MR) is 131 cm³/mol. The lowest BCUT2D eigenvalue weighted by Crippen LogP contribution is -2.46. The Morgan fingerprint density at radius 3 is 2.31 bits per heavy atom. The number of oxime groups is 1. The molecule has 2 aliphatic heterocycles. The number of benzene rings is 3. The number of hydrogen-bond acceptors (Lipinski definition) is 8. The van der Waals surface area contributed by atoms with Gasteiger partial charge in [-0.15, -0.1) is 0 Å². The average Bonchev–Trinajstić information content (AvgIpc) is 3.46. The number of ether oxygens (including phenoxy) is 4. The highest BCUT2D eigenvalue weighted by Gasteiger charge is 2.63. The summed E-state index contributed by atoms with van der Waals surface area (Å²) < 4.78 is 21.8. The van der Waals surface area contributed by atoms with Gasteiger partial charge in [-0.25, -0.2) is 0 Å². The van der Waals surface area contributed by atoms with Gasteiger partial charge in [-0.05, 0) is 36.4 Å². The van der Waals surface area contributed by atoms with E-state index in [9.17, 15) is 9.59 Å². The third kappa shape index (κ3) is 3.35. The molecule has 3 aromatic rings. The Labute approximate surface area is 207 Å². The highest BCUT2D eigenvalue weighted by atomic mass is 16.7. The number of hydrogen-bond donors (Lipinski definition) is 1. The second-order valence-corrected chi connectivity index (χ2v) is 8.23. The fourth-order valence-electron chi connectivity index (χ4n) is 4.74. The summed E-state index contributed by atoms with van der Waals surface area (Å²) in [6.45, 7) is 0. The number of carbonyl (C=O) groups is 2. The fraction of sp³-hybridized carbons (Fsp3) is 0.222. The molecule has 184 valence electrons. The van der Waals surface area contributed by atoms with E-state index in [1.165, 1.54) is 28.4 Å². The summed E-state index contributed by atoms with van der Waals surface area (Å²) in [4.78, 5) is 33.8. The molecule has 9 nitrogen and oxygen atoms in total. The Hall–Kier alpha value is -4.53. The number of para-hydroxylation sites is 1. The molecule has 0 unspecified atom stereocenters. The van der Waals surface area contributed by atoms with E-state index in [-0.39, 0.29) is 11.3 Å². The van der Waals surface area contributed by atoms with Crippen LogP contribution in [0.15, 0.2) is 65.8 Å². The van der Waals surface area contributed by atoms with E-state index in [0.29, 0.717) is 39.8 Å². The molecule has 2 aliphatic rings. The molecule has 0 radical (unpaired) electrons. The van der Waals surface area contributed by atoms with Gasteiger partial charge in [-0.1, -0.05) is 23.4 Å². The van der Waals surface area contributed by atoms with Gasteiger partial charge in [0.15, 0.2) is 5.78 Å². The first-order chi connectivity index (χ1) is 17.5. The number of anilines is 1. The maximum Gasteiger partial charge on any atom is 0.277 e. The highest BCUT2D eigenvalue weighted by molar-refractivity contribution is 6.26. The molecule has 1 spiro atoms. The number of nitrogens with zero attached hydrogens (tertiary/aromatic N) is 1. The molecular formula is C27H24N2O7. The smallest absolute Gasteiger partial charge is 0.277 e. The zero-order valence-electron chi connectivity index (χ0n) is 20.2. The minimum atomic E-state index is -1.72. The van der Waals surface area contributed by atoms with Crippen LogP contribution in [0.1, 0.15) is 21.5 Å². The van der Waals surface area contributed by atoms with Gasteiger partial charge in [0.2, 0.25) is 0 Å². The summed E-state index contributed by atoms with van der Waals surface area (Å²) in [7, 11) is 6.03. The van der Waals surface area contributed by atoms with Gasteiger partial charge in [-0.3, -0.25) is 9.59 Å². The van der Waals surface area contributed by atoms with Gasteiger partial charge in [0.25, 0.3) is 11.5 Å². The molecule has 2 heterocycles. The van der Waals surface area contributed by atoms with Crippen LogP contribution in [0.4, 0.5) is 5.69 Å². The Bertz CT molecular complexity index is 1400. The molecule has 1 amide bonds. The SMILES string of the molecule is COc1ccc(C(=O)[C@H]2C(c3cc(OC)ccc3OC)=NO[C@]23C(=O)Nc2ccccc23)c(OC)c1. The van der Waals surface area contributed by atoms with Crippen LogP contribution in [0, 0.1) is 5.92 Å². The monoisotopic (exact) mass is 488 g/mol. The first kappa shape index (κ1) is 23.2. The fourth-order valence-corrected chi connectivity index (χ4v) is 4.74. The Morgan fingerprint density at radius 1 is 0.889 bits per heavy atom. The number of rotatable bonds is 7. The summed E-state index contributed by atoms with van der Waals surface area (Å²) in [6, 6.07) is 17.1. The topological polar surface area (TPSA) is 105 Å². The standard InChI is InChI=1S/C27H24N2O7/c1-32-15-10-12-21(34-3)18(13-15)24-23(25(30)17-11-9-16(33-2)14-22(17)35-4)27(36-29-24)19-7-5-6-8-20(19)28-26(27)31/h5-14,23H,1-4H3,(H,28,31)/t23-,27+/m1/s1. The molecule has 0 aromatic heterocycles. The lowest BCUT2D eigenvalue weighted by atomic mass is 9.74. The van der Waals surface area contributed by atoms with E-state index in [4.69, 9.17) is 23.8 Å². The van der Waals surface area contributed by atoms with Crippen LogP contribution in [0.2, 0.25) is 0 Å². The highest BCUT2D eigenvalue weighted by Crippen LogP contribution is 2.51. The lowest BCUT2D eigenvalue weighted by Gasteiger charge is -2.27. The first-order valence-electron chi connectivity index (χ1n) is 11.1. The van der Waals surface area contributed by atoms with Crippen molar-refractivity contribution in [2.45, 2.75) is 5.60 Å². The summed E-state index contributed by atoms with van der Waals surface area (Å²) in [5, 5.41) is 7.17. The van der Waals surface area contributed by atoms with Gasteiger partial charge >= 0.3 is 0 Å². The first-order valence-corrected chi connectivity index (χ1v) is 11.1. The van der Waals surface area contributed by atoms with Crippen LogP contribution in [0.5, 0.6) is 23.0 Å². The van der Waals surface area contributed by atoms with Gasteiger partial charge in [0, 0.05) is 22.9 Å². The number of carbonyl (C=O) groups excluding carboxylic acids is 2. The molecule has 2 atom stereocenters. The lowest BCUT2D eigenvalue weighted by molar-refractivity contribution is -0.140. The summed E-state index contributed by atoms with van der Waals surface area (Å²) in [5.41, 5.74) is 0.303. The second-order valence-electron chi connectivity index (χ2n) is 8.23. The number of fused-ring (bicyclic) bond motifs is 2. The van der Waals surface area contributed by atoms with Crippen molar-refractivity contribution in [3.05, 3.63) is 77.4 Å². The van der Waals surface area contributed by atoms with Crippen molar-refractivity contribution in [1.82, 2.24) is 0 Å². The van der Waals surface area contributed by atoms with Crippen LogP contribution < -0.4 is 24.3 Å². The molecule has 0 aliphatic carbocycles. The van der Waals surface area contributed by atoms with Gasteiger partial charge in [-0.2, -0.15) is 0 Å². The van der Waals surface area contributed by atoms with Crippen LogP contribution >= 0.6 is 0 Å². The third-order valence-electron chi connectivity index (χ3n) is 6.50. The average molecular weight is 488 g/mol. The van der Waals surface area contributed by atoms with Crippen molar-refractivity contribution >= 4 is 23.1 Å². The van der Waals surface area contributed by atoms with Crippen molar-refractivity contribution in [2.75, 3.05) is 33.8 Å². The zero-order valence-corrected chi connectivity index (χ0v) is 20.2. The van der Waals surface area contributed by atoms with Crippen molar-refractivity contribution in [3.8, 4) is 23.0 Å². The third-order valence-corrected chi connectivity index (χ3v) is 6.50. The summed E-state index contributed by atoms with van der Waals surface area (Å²) in [5.74, 6) is -0.277. The van der Waals surface area contributed by atoms with Crippen LogP contribution in [-0.4, -0.2) is 45.8 Å². The Balaban J connectivity index is 1.74. The van der Waals surface area contributed by atoms with Gasteiger partial charge in [0.05, 0.1) is 34.0 Å². The predicted octanol–water partition coefficient (Wildman–Crippen LogP) is 3.80. The molecular weight excluding hydrogens is 464 g/mol. The van der Waals surface area contributed by atoms with Gasteiger partial charge in [0.1, 0.15) is 34.6 Å². The van der Waals surface area contributed by atoms with E-state index in [0.717, 1.165) is 0 Å². The molecule has 0 saturated carbocycles. The molecule has 1 N–H and O–H groups in total. The van der Waals surface area contributed by atoms with E-state index < -0.39 is 23.2 Å². The number of Topliss-reactive ketones (excluding diaryl/α,β-unsaturated/α-hetero) is 1. The molecule has 0 saturated heterocycles. The number of methoxy groups -OCH3 is 4. The molecule has 36 heavy (non-hydrogen) atoms. The van der Waals surface area contributed by atoms with Crippen molar-refractivity contribution in [3.63, 3.8) is 0 Å². The number of amides is 1. The summed E-state index contributed by atoms with van der Waals surface area (Å²) >= 11 is 0. The van der Waals surface area contributed by atoms with E-state index in [1.54, 1.807) is 60.7 Å². The number of nitrogens with one attached hydrogen (secondary N) is 1. The number of ketones is 1. The maximum atomic E-state index is 14.3. The van der Waals surface area contributed by atoms with Crippen molar-refractivity contribution < 1.29 is 33.4 Å².